The van der Waals surface area contributed by atoms with E-state index in [2.05, 4.69) is 20.5 Å². The maximum absolute atomic E-state index is 11.8. The minimum absolute atomic E-state index is 0.0810. The summed E-state index contributed by atoms with van der Waals surface area (Å²) in [6, 6.07) is 5.81. The van der Waals surface area contributed by atoms with E-state index in [0.717, 1.165) is 0 Å². The van der Waals surface area contributed by atoms with E-state index in [0.29, 0.717) is 5.82 Å². The molecule has 0 atom stereocenters. The first-order valence-corrected chi connectivity index (χ1v) is 6.75. The first kappa shape index (κ1) is 13.2. The van der Waals surface area contributed by atoms with Crippen LogP contribution in [0, 0.1) is 6.92 Å². The molecule has 0 fully saturated rings. The van der Waals surface area contributed by atoms with Gasteiger partial charge in [0, 0.05) is 0 Å². The Labute approximate surface area is 109 Å². The molecule has 8 nitrogen and oxygen atoms in total. The summed E-state index contributed by atoms with van der Waals surface area (Å²) >= 11 is 0. The first-order valence-electron chi connectivity index (χ1n) is 5.20. The number of carbonyl (C=O) groups excluding carboxylic acids is 1. The minimum atomic E-state index is -3.92. The second kappa shape index (κ2) is 4.78. The number of nitrogens with two attached hydrogens (primary N) is 1. The third-order valence-corrected chi connectivity index (χ3v) is 3.21. The molecule has 2 rings (SSSR count). The van der Waals surface area contributed by atoms with E-state index in [9.17, 15) is 13.2 Å². The van der Waals surface area contributed by atoms with Gasteiger partial charge in [-0.3, -0.25) is 9.89 Å². The van der Waals surface area contributed by atoms with Gasteiger partial charge in [-0.05, 0) is 19.1 Å². The Balaban J connectivity index is 2.32. The number of benzene rings is 1. The number of amides is 1. The van der Waals surface area contributed by atoms with Crippen molar-refractivity contribution in [2.45, 2.75) is 11.8 Å². The second-order valence-electron chi connectivity index (χ2n) is 3.74. The largest absolute Gasteiger partial charge is 0.318 e. The van der Waals surface area contributed by atoms with Crippen molar-refractivity contribution in [3.8, 4) is 0 Å². The van der Waals surface area contributed by atoms with Gasteiger partial charge in [0.25, 0.3) is 5.91 Å². The van der Waals surface area contributed by atoms with Crippen molar-refractivity contribution in [1.29, 1.82) is 0 Å². The Morgan fingerprint density at radius 2 is 2.05 bits per heavy atom. The number of hydrogen-bond donors (Lipinski definition) is 3. The van der Waals surface area contributed by atoms with Gasteiger partial charge in [0.1, 0.15) is 10.7 Å². The van der Waals surface area contributed by atoms with Gasteiger partial charge in [-0.15, -0.1) is 5.10 Å². The van der Waals surface area contributed by atoms with Crippen LogP contribution in [0.2, 0.25) is 0 Å². The number of hydrogen-bond acceptors (Lipinski definition) is 5. The van der Waals surface area contributed by atoms with Crippen molar-refractivity contribution in [3.63, 3.8) is 0 Å². The van der Waals surface area contributed by atoms with E-state index in [4.69, 9.17) is 5.14 Å². The molecule has 0 spiro atoms. The van der Waals surface area contributed by atoms with Gasteiger partial charge in [0.05, 0.1) is 5.69 Å². The summed E-state index contributed by atoms with van der Waals surface area (Å²) in [7, 11) is -3.92. The molecule has 0 bridgehead atoms. The molecule has 1 heterocycles. The molecule has 9 heteroatoms. The van der Waals surface area contributed by atoms with Crippen LogP contribution in [0.3, 0.4) is 0 Å². The number of para-hydroxylation sites is 1. The standard InChI is InChI=1S/C10H11N5O3S/c1-6-12-9(15-14-6)10(16)13-7-4-2-3-5-8(7)19(11,17)18/h2-5H,1H3,(H,13,16)(H2,11,17,18)(H,12,14,15). The second-order valence-corrected chi connectivity index (χ2v) is 5.27. The quantitative estimate of drug-likeness (QED) is 0.729. The van der Waals surface area contributed by atoms with Crippen molar-refractivity contribution in [2.24, 2.45) is 5.14 Å². The average molecular weight is 281 g/mol. The van der Waals surface area contributed by atoms with Crippen molar-refractivity contribution in [3.05, 3.63) is 35.9 Å². The molecule has 0 saturated carbocycles. The molecule has 100 valence electrons. The summed E-state index contributed by atoms with van der Waals surface area (Å²) in [6.45, 7) is 1.64. The number of anilines is 1. The Hall–Kier alpha value is -2.26. The number of carbonyl (C=O) groups is 1. The topological polar surface area (TPSA) is 131 Å². The zero-order valence-electron chi connectivity index (χ0n) is 9.91. The number of aromatic nitrogens is 3. The minimum Gasteiger partial charge on any atom is -0.318 e. The number of rotatable bonds is 3. The highest BCUT2D eigenvalue weighted by Gasteiger charge is 2.17. The Morgan fingerprint density at radius 3 is 2.63 bits per heavy atom. The molecule has 0 saturated heterocycles. The highest BCUT2D eigenvalue weighted by Crippen LogP contribution is 2.19. The Morgan fingerprint density at radius 1 is 1.37 bits per heavy atom. The van der Waals surface area contributed by atoms with Gasteiger partial charge in [0.15, 0.2) is 0 Å². The van der Waals surface area contributed by atoms with Gasteiger partial charge < -0.3 is 5.32 Å². The fourth-order valence-corrected chi connectivity index (χ4v) is 2.13. The van der Waals surface area contributed by atoms with E-state index in [-0.39, 0.29) is 16.4 Å². The lowest BCUT2D eigenvalue weighted by Crippen LogP contribution is -2.19. The van der Waals surface area contributed by atoms with Crippen molar-refractivity contribution in [1.82, 2.24) is 15.2 Å². The molecule has 0 aliphatic rings. The van der Waals surface area contributed by atoms with Crippen molar-refractivity contribution in [2.75, 3.05) is 5.32 Å². The molecule has 2 aromatic rings. The number of H-pyrrole nitrogens is 1. The highest BCUT2D eigenvalue weighted by molar-refractivity contribution is 7.89. The summed E-state index contributed by atoms with van der Waals surface area (Å²) in [5.41, 5.74) is 0.0810. The first-order chi connectivity index (χ1) is 8.88. The molecular weight excluding hydrogens is 270 g/mol. The number of nitrogens with one attached hydrogen (secondary N) is 2. The van der Waals surface area contributed by atoms with Crippen LogP contribution in [0.5, 0.6) is 0 Å². The third-order valence-electron chi connectivity index (χ3n) is 2.24. The molecule has 1 amide bonds. The smallest absolute Gasteiger partial charge is 0.295 e. The van der Waals surface area contributed by atoms with Crippen LogP contribution < -0.4 is 10.5 Å². The summed E-state index contributed by atoms with van der Waals surface area (Å²) < 4.78 is 22.7. The highest BCUT2D eigenvalue weighted by atomic mass is 32.2. The van der Waals surface area contributed by atoms with Crippen LogP contribution in [0.25, 0.3) is 0 Å². The number of aryl methyl sites for hydroxylation is 1. The molecule has 1 aromatic carbocycles. The number of sulfonamides is 1. The van der Waals surface area contributed by atoms with Gasteiger partial charge >= 0.3 is 0 Å². The summed E-state index contributed by atoms with van der Waals surface area (Å²) in [4.78, 5) is 15.5. The Bertz CT molecular complexity index is 722. The summed E-state index contributed by atoms with van der Waals surface area (Å²) in [6.07, 6.45) is 0. The monoisotopic (exact) mass is 281 g/mol. The van der Waals surface area contributed by atoms with Crippen molar-refractivity contribution >= 4 is 21.6 Å². The van der Waals surface area contributed by atoms with Gasteiger partial charge in [-0.1, -0.05) is 12.1 Å². The van der Waals surface area contributed by atoms with Crippen LogP contribution in [-0.2, 0) is 10.0 Å². The molecular formula is C10H11N5O3S. The number of primary sulfonamides is 1. The van der Waals surface area contributed by atoms with E-state index in [1.165, 1.54) is 18.2 Å². The average Bonchev–Trinajstić information content (AvgIpc) is 2.75. The maximum Gasteiger partial charge on any atom is 0.295 e. The molecule has 19 heavy (non-hydrogen) atoms. The zero-order valence-corrected chi connectivity index (χ0v) is 10.7. The molecule has 0 unspecified atom stereocenters. The van der Waals surface area contributed by atoms with Gasteiger partial charge in [-0.25, -0.2) is 18.5 Å². The fourth-order valence-electron chi connectivity index (χ4n) is 1.44. The van der Waals surface area contributed by atoms with E-state index < -0.39 is 15.9 Å². The predicted molar refractivity (Wildman–Crippen MR) is 66.9 cm³/mol. The summed E-state index contributed by atoms with van der Waals surface area (Å²) in [5.74, 6) is -0.230. The van der Waals surface area contributed by atoms with Crippen LogP contribution in [0.4, 0.5) is 5.69 Å². The maximum atomic E-state index is 11.8. The normalized spacial score (nSPS) is 11.3. The van der Waals surface area contributed by atoms with Gasteiger partial charge in [-0.2, -0.15) is 0 Å². The lowest BCUT2D eigenvalue weighted by atomic mass is 10.3. The van der Waals surface area contributed by atoms with Crippen LogP contribution >= 0.6 is 0 Å². The lowest BCUT2D eigenvalue weighted by Gasteiger charge is -2.07. The van der Waals surface area contributed by atoms with Crippen LogP contribution in [-0.4, -0.2) is 29.5 Å². The number of nitrogens with zero attached hydrogens (tertiary/aromatic N) is 2. The fraction of sp³-hybridized carbons (Fsp3) is 0.100. The van der Waals surface area contributed by atoms with E-state index in [1.54, 1.807) is 13.0 Å². The Kier molecular flexibility index (Phi) is 3.32. The van der Waals surface area contributed by atoms with E-state index >= 15 is 0 Å². The SMILES string of the molecule is Cc1nc(C(=O)Nc2ccccc2S(N)(=O)=O)n[nH]1. The predicted octanol–water partition coefficient (Wildman–Crippen LogP) is 0.0128. The third kappa shape index (κ3) is 2.95. The molecule has 1 aromatic heterocycles. The lowest BCUT2D eigenvalue weighted by molar-refractivity contribution is 0.101. The molecule has 0 radical (unpaired) electrons. The molecule has 0 aliphatic heterocycles. The summed E-state index contributed by atoms with van der Waals surface area (Å²) in [5, 5.41) is 13.7. The molecule has 0 aliphatic carbocycles. The van der Waals surface area contributed by atoms with Crippen molar-refractivity contribution < 1.29 is 13.2 Å². The van der Waals surface area contributed by atoms with Gasteiger partial charge in [0.2, 0.25) is 15.8 Å². The van der Waals surface area contributed by atoms with E-state index in [1.807, 2.05) is 0 Å². The number of aromatic amines is 1. The molecule has 4 N–H and O–H groups in total. The van der Waals surface area contributed by atoms with Crippen LogP contribution in [0.15, 0.2) is 29.2 Å². The van der Waals surface area contributed by atoms with Crippen LogP contribution in [0.1, 0.15) is 16.4 Å². The zero-order chi connectivity index (χ0) is 14.0.